The lowest BCUT2D eigenvalue weighted by molar-refractivity contribution is 1.26. The summed E-state index contributed by atoms with van der Waals surface area (Å²) in [7, 11) is 0. The lowest BCUT2D eigenvalue weighted by Gasteiger charge is -2.01. The van der Waals surface area contributed by atoms with Gasteiger partial charge in [0.15, 0.2) is 0 Å². The summed E-state index contributed by atoms with van der Waals surface area (Å²) < 4.78 is 0. The Balaban J connectivity index is 2.87. The summed E-state index contributed by atoms with van der Waals surface area (Å²) in [5.41, 5.74) is 1.77. The van der Waals surface area contributed by atoms with Crippen molar-refractivity contribution in [2.24, 2.45) is 0 Å². The molecule has 1 aromatic carbocycles. The van der Waals surface area contributed by atoms with Gasteiger partial charge < -0.3 is 0 Å². The highest BCUT2D eigenvalue weighted by atomic mass is 35.5. The van der Waals surface area contributed by atoms with Gasteiger partial charge in [-0.05, 0) is 25.1 Å². The lowest BCUT2D eigenvalue weighted by Crippen LogP contribution is -1.83. The molecule has 0 saturated carbocycles. The van der Waals surface area contributed by atoms with Gasteiger partial charge in [-0.3, -0.25) is 4.98 Å². The molecule has 0 unspecified atom stereocenters. The molecule has 0 spiro atoms. The second-order valence-corrected chi connectivity index (χ2v) is 3.76. The van der Waals surface area contributed by atoms with Crippen molar-refractivity contribution in [2.75, 3.05) is 0 Å². The average molecular weight is 212 g/mol. The maximum atomic E-state index is 5.99. The molecule has 0 bridgehead atoms. The molecule has 3 heteroatoms. The molecule has 0 amide bonds. The van der Waals surface area contributed by atoms with Crippen LogP contribution in [-0.2, 0) is 0 Å². The molecule has 1 aromatic heterocycles. The maximum absolute atomic E-state index is 5.99. The van der Waals surface area contributed by atoms with Gasteiger partial charge in [0.05, 0.1) is 10.5 Å². The standard InChI is InChI=1S/C10H7Cl2N/c1-6-2-3-7-4-8(11)5-9(12)10(7)13-6/h2-5H,1H3. The smallest absolute Gasteiger partial charge is 0.0892 e. The summed E-state index contributed by atoms with van der Waals surface area (Å²) in [5.74, 6) is 0. The van der Waals surface area contributed by atoms with Gasteiger partial charge in [-0.25, -0.2) is 0 Å². The molecule has 0 atom stereocenters. The van der Waals surface area contributed by atoms with Crippen LogP contribution in [0.5, 0.6) is 0 Å². The number of fused-ring (bicyclic) bond motifs is 1. The van der Waals surface area contributed by atoms with Crippen LogP contribution in [0.2, 0.25) is 10.0 Å². The van der Waals surface area contributed by atoms with Gasteiger partial charge in [0.2, 0.25) is 0 Å². The van der Waals surface area contributed by atoms with E-state index in [1.165, 1.54) is 0 Å². The molecule has 1 nitrogen and oxygen atoms in total. The Labute approximate surface area is 86.3 Å². The third kappa shape index (κ3) is 1.62. The van der Waals surface area contributed by atoms with Crippen molar-refractivity contribution in [1.29, 1.82) is 0 Å². The first-order chi connectivity index (χ1) is 6.16. The first-order valence-corrected chi connectivity index (χ1v) is 4.65. The van der Waals surface area contributed by atoms with Crippen molar-refractivity contribution in [3.63, 3.8) is 0 Å². The zero-order valence-electron chi connectivity index (χ0n) is 7.01. The van der Waals surface area contributed by atoms with Gasteiger partial charge in [-0.2, -0.15) is 0 Å². The Morgan fingerprint density at radius 3 is 2.69 bits per heavy atom. The molecule has 2 rings (SSSR count). The number of benzene rings is 1. The predicted molar refractivity (Wildman–Crippen MR) is 56.5 cm³/mol. The highest BCUT2D eigenvalue weighted by molar-refractivity contribution is 6.38. The van der Waals surface area contributed by atoms with E-state index in [-0.39, 0.29) is 0 Å². The largest absolute Gasteiger partial charge is 0.252 e. The maximum Gasteiger partial charge on any atom is 0.0892 e. The summed E-state index contributed by atoms with van der Waals surface area (Å²) in [5, 5.41) is 2.22. The fourth-order valence-electron chi connectivity index (χ4n) is 1.25. The SMILES string of the molecule is Cc1ccc2cc(Cl)cc(Cl)c2n1. The molecule has 13 heavy (non-hydrogen) atoms. The van der Waals surface area contributed by atoms with Crippen LogP contribution in [0.25, 0.3) is 10.9 Å². The van der Waals surface area contributed by atoms with Crippen LogP contribution in [-0.4, -0.2) is 4.98 Å². The molecule has 66 valence electrons. The summed E-state index contributed by atoms with van der Waals surface area (Å²) in [6, 6.07) is 7.47. The number of pyridine rings is 1. The first kappa shape index (κ1) is 8.79. The third-order valence-corrected chi connectivity index (χ3v) is 2.36. The molecule has 0 aliphatic carbocycles. The average Bonchev–Trinajstić information content (AvgIpc) is 2.06. The molecule has 0 aliphatic heterocycles. The van der Waals surface area contributed by atoms with Crippen molar-refractivity contribution >= 4 is 34.1 Å². The van der Waals surface area contributed by atoms with Crippen LogP contribution < -0.4 is 0 Å². The summed E-state index contributed by atoms with van der Waals surface area (Å²) >= 11 is 11.8. The Kier molecular flexibility index (Phi) is 2.14. The zero-order chi connectivity index (χ0) is 9.42. The van der Waals surface area contributed by atoms with Gasteiger partial charge in [-0.15, -0.1) is 0 Å². The Morgan fingerprint density at radius 2 is 1.92 bits per heavy atom. The second-order valence-electron chi connectivity index (χ2n) is 2.91. The lowest BCUT2D eigenvalue weighted by atomic mass is 10.2. The van der Waals surface area contributed by atoms with Crippen LogP contribution in [0, 0.1) is 6.92 Å². The van der Waals surface area contributed by atoms with E-state index >= 15 is 0 Å². The van der Waals surface area contributed by atoms with Gasteiger partial charge in [0.1, 0.15) is 0 Å². The summed E-state index contributed by atoms with van der Waals surface area (Å²) in [6.07, 6.45) is 0. The fourth-order valence-corrected chi connectivity index (χ4v) is 1.81. The Morgan fingerprint density at radius 1 is 1.15 bits per heavy atom. The molecular weight excluding hydrogens is 205 g/mol. The van der Waals surface area contributed by atoms with Crippen molar-refractivity contribution in [3.8, 4) is 0 Å². The van der Waals surface area contributed by atoms with E-state index in [0.29, 0.717) is 10.0 Å². The second kappa shape index (κ2) is 3.17. The Bertz CT molecular complexity index is 466. The number of rotatable bonds is 0. The van der Waals surface area contributed by atoms with Crippen LogP contribution in [0.15, 0.2) is 24.3 Å². The monoisotopic (exact) mass is 211 g/mol. The number of hydrogen-bond donors (Lipinski definition) is 0. The van der Waals surface area contributed by atoms with Crippen LogP contribution >= 0.6 is 23.2 Å². The van der Waals surface area contributed by atoms with E-state index in [4.69, 9.17) is 23.2 Å². The van der Waals surface area contributed by atoms with E-state index in [9.17, 15) is 0 Å². The number of halogens is 2. The van der Waals surface area contributed by atoms with Gasteiger partial charge in [0.25, 0.3) is 0 Å². The van der Waals surface area contributed by atoms with Crippen molar-refractivity contribution in [1.82, 2.24) is 4.98 Å². The van der Waals surface area contributed by atoms with Crippen molar-refractivity contribution < 1.29 is 0 Å². The van der Waals surface area contributed by atoms with Crippen LogP contribution in [0.4, 0.5) is 0 Å². The highest BCUT2D eigenvalue weighted by Crippen LogP contribution is 2.26. The van der Waals surface area contributed by atoms with Gasteiger partial charge in [0, 0.05) is 16.1 Å². The predicted octanol–water partition coefficient (Wildman–Crippen LogP) is 3.85. The van der Waals surface area contributed by atoms with E-state index in [1.807, 2.05) is 25.1 Å². The van der Waals surface area contributed by atoms with Gasteiger partial charge in [-0.1, -0.05) is 29.3 Å². The fraction of sp³-hybridized carbons (Fsp3) is 0.100. The third-order valence-electron chi connectivity index (χ3n) is 1.85. The molecule has 1 heterocycles. The number of nitrogens with zero attached hydrogens (tertiary/aromatic N) is 1. The quantitative estimate of drug-likeness (QED) is 0.646. The van der Waals surface area contributed by atoms with E-state index in [2.05, 4.69) is 4.98 Å². The number of aryl methyl sites for hydroxylation is 1. The van der Waals surface area contributed by atoms with Crippen molar-refractivity contribution in [3.05, 3.63) is 40.0 Å². The minimum atomic E-state index is 0.603. The minimum Gasteiger partial charge on any atom is -0.252 e. The first-order valence-electron chi connectivity index (χ1n) is 3.89. The zero-order valence-corrected chi connectivity index (χ0v) is 8.52. The highest BCUT2D eigenvalue weighted by Gasteiger charge is 2.02. The molecule has 0 N–H and O–H groups in total. The van der Waals surface area contributed by atoms with E-state index < -0.39 is 0 Å². The van der Waals surface area contributed by atoms with Gasteiger partial charge >= 0.3 is 0 Å². The van der Waals surface area contributed by atoms with Crippen molar-refractivity contribution in [2.45, 2.75) is 6.92 Å². The summed E-state index contributed by atoms with van der Waals surface area (Å²) in [4.78, 5) is 4.33. The number of aromatic nitrogens is 1. The molecule has 0 aliphatic rings. The summed E-state index contributed by atoms with van der Waals surface area (Å²) in [6.45, 7) is 1.93. The normalized spacial score (nSPS) is 10.7. The topological polar surface area (TPSA) is 12.9 Å². The molecule has 2 aromatic rings. The molecular formula is C10H7Cl2N. The Hall–Kier alpha value is -0.790. The van der Waals surface area contributed by atoms with Crippen LogP contribution in [0.1, 0.15) is 5.69 Å². The molecule has 0 radical (unpaired) electrons. The van der Waals surface area contributed by atoms with E-state index in [0.717, 1.165) is 16.6 Å². The minimum absolute atomic E-state index is 0.603. The van der Waals surface area contributed by atoms with Crippen LogP contribution in [0.3, 0.4) is 0 Å². The van der Waals surface area contributed by atoms with E-state index in [1.54, 1.807) is 6.07 Å². The number of hydrogen-bond acceptors (Lipinski definition) is 1. The molecule has 0 saturated heterocycles. The molecule has 0 fully saturated rings.